The summed E-state index contributed by atoms with van der Waals surface area (Å²) in [5.41, 5.74) is 0.0747. The average molecular weight is 256 g/mol. The molecular formula is C14H28N2O2. The molecule has 1 atom stereocenters. The van der Waals surface area contributed by atoms with E-state index in [1.54, 1.807) is 4.90 Å². The highest BCUT2D eigenvalue weighted by molar-refractivity contribution is 5.82. The van der Waals surface area contributed by atoms with Crippen molar-refractivity contribution in [1.82, 2.24) is 9.80 Å². The molecule has 0 aromatic rings. The SMILES string of the molecule is CC(C)CCN1CC(C)(C)CN(C)C(=O)C1CO. The molecule has 0 spiro atoms. The van der Waals surface area contributed by atoms with Crippen LogP contribution in [0, 0.1) is 11.3 Å². The van der Waals surface area contributed by atoms with E-state index in [9.17, 15) is 9.90 Å². The molecule has 1 unspecified atom stereocenters. The summed E-state index contributed by atoms with van der Waals surface area (Å²) in [6, 6.07) is -0.365. The molecule has 1 amide bonds. The first-order valence-corrected chi connectivity index (χ1v) is 6.87. The Hall–Kier alpha value is -0.610. The smallest absolute Gasteiger partial charge is 0.242 e. The van der Waals surface area contributed by atoms with Crippen molar-refractivity contribution in [2.45, 2.75) is 40.2 Å². The van der Waals surface area contributed by atoms with Gasteiger partial charge in [-0.05, 0) is 24.3 Å². The van der Waals surface area contributed by atoms with Crippen molar-refractivity contribution in [2.75, 3.05) is 33.3 Å². The number of aliphatic hydroxyl groups excluding tert-OH is 1. The van der Waals surface area contributed by atoms with Gasteiger partial charge < -0.3 is 10.0 Å². The summed E-state index contributed by atoms with van der Waals surface area (Å²) in [6.45, 7) is 11.1. The van der Waals surface area contributed by atoms with Gasteiger partial charge in [-0.3, -0.25) is 9.69 Å². The molecule has 106 valence electrons. The molecule has 0 bridgehead atoms. The number of carbonyl (C=O) groups excluding carboxylic acids is 1. The van der Waals surface area contributed by atoms with Gasteiger partial charge in [0.1, 0.15) is 6.04 Å². The molecule has 1 fully saturated rings. The predicted octanol–water partition coefficient (Wildman–Crippen LogP) is 1.19. The molecule has 1 aliphatic rings. The van der Waals surface area contributed by atoms with E-state index in [0.29, 0.717) is 5.92 Å². The third kappa shape index (κ3) is 3.95. The summed E-state index contributed by atoms with van der Waals surface area (Å²) < 4.78 is 0. The van der Waals surface area contributed by atoms with Crippen molar-refractivity contribution >= 4 is 5.91 Å². The molecular weight excluding hydrogens is 228 g/mol. The van der Waals surface area contributed by atoms with Crippen molar-refractivity contribution in [1.29, 1.82) is 0 Å². The lowest BCUT2D eigenvalue weighted by Gasteiger charge is -2.32. The molecule has 1 N–H and O–H groups in total. The molecule has 0 saturated carbocycles. The van der Waals surface area contributed by atoms with Crippen LogP contribution in [0.4, 0.5) is 0 Å². The second kappa shape index (κ2) is 6.02. The number of nitrogens with zero attached hydrogens (tertiary/aromatic N) is 2. The van der Waals surface area contributed by atoms with Crippen molar-refractivity contribution in [3.05, 3.63) is 0 Å². The first kappa shape index (κ1) is 15.4. The van der Waals surface area contributed by atoms with Crippen LogP contribution in [0.25, 0.3) is 0 Å². The van der Waals surface area contributed by atoms with Gasteiger partial charge in [0.05, 0.1) is 6.61 Å². The highest BCUT2D eigenvalue weighted by Gasteiger charge is 2.37. The average Bonchev–Trinajstić information content (AvgIpc) is 2.32. The number of carbonyl (C=O) groups is 1. The van der Waals surface area contributed by atoms with Gasteiger partial charge >= 0.3 is 0 Å². The van der Waals surface area contributed by atoms with Crippen molar-refractivity contribution < 1.29 is 9.90 Å². The number of aliphatic hydroxyl groups is 1. The number of likely N-dealkylation sites (N-methyl/N-ethyl adjacent to an activating group) is 1. The molecule has 0 aromatic heterocycles. The summed E-state index contributed by atoms with van der Waals surface area (Å²) in [5, 5.41) is 9.52. The van der Waals surface area contributed by atoms with E-state index in [1.165, 1.54) is 0 Å². The molecule has 4 heteroatoms. The predicted molar refractivity (Wildman–Crippen MR) is 73.3 cm³/mol. The van der Waals surface area contributed by atoms with Crippen molar-refractivity contribution in [3.8, 4) is 0 Å². The minimum absolute atomic E-state index is 0.0480. The van der Waals surface area contributed by atoms with Gasteiger partial charge in [-0.25, -0.2) is 0 Å². The van der Waals surface area contributed by atoms with Crippen molar-refractivity contribution in [3.63, 3.8) is 0 Å². The molecule has 0 aliphatic carbocycles. The van der Waals surface area contributed by atoms with E-state index in [2.05, 4.69) is 32.6 Å². The van der Waals surface area contributed by atoms with Crippen LogP contribution in [0.3, 0.4) is 0 Å². The van der Waals surface area contributed by atoms with Gasteiger partial charge in [0, 0.05) is 20.1 Å². The summed E-state index contributed by atoms with van der Waals surface area (Å²) in [5.74, 6) is 0.662. The molecule has 1 saturated heterocycles. The number of rotatable bonds is 4. The van der Waals surface area contributed by atoms with E-state index in [-0.39, 0.29) is 24.0 Å². The molecule has 1 rings (SSSR count). The van der Waals surface area contributed by atoms with E-state index >= 15 is 0 Å². The van der Waals surface area contributed by atoms with Gasteiger partial charge in [-0.15, -0.1) is 0 Å². The summed E-state index contributed by atoms with van der Waals surface area (Å²) in [4.78, 5) is 16.2. The molecule has 0 radical (unpaired) electrons. The van der Waals surface area contributed by atoms with E-state index in [4.69, 9.17) is 0 Å². The van der Waals surface area contributed by atoms with Crippen LogP contribution in [0.5, 0.6) is 0 Å². The standard InChI is InChI=1S/C14H28N2O2/c1-11(2)6-7-16-10-14(3,4)9-15(5)13(18)12(16)8-17/h11-12,17H,6-10H2,1-5H3. The van der Waals surface area contributed by atoms with Gasteiger partial charge in [0.15, 0.2) is 0 Å². The largest absolute Gasteiger partial charge is 0.394 e. The second-order valence-corrected chi connectivity index (χ2v) is 6.71. The normalized spacial score (nSPS) is 25.6. The monoisotopic (exact) mass is 256 g/mol. The Morgan fingerprint density at radius 1 is 1.39 bits per heavy atom. The lowest BCUT2D eigenvalue weighted by Crippen LogP contribution is -2.47. The Morgan fingerprint density at radius 3 is 2.50 bits per heavy atom. The highest BCUT2D eigenvalue weighted by Crippen LogP contribution is 2.25. The maximum atomic E-state index is 12.2. The first-order valence-electron chi connectivity index (χ1n) is 6.87. The van der Waals surface area contributed by atoms with Gasteiger partial charge in [-0.2, -0.15) is 0 Å². The maximum Gasteiger partial charge on any atom is 0.242 e. The third-order valence-corrected chi connectivity index (χ3v) is 3.56. The third-order valence-electron chi connectivity index (χ3n) is 3.56. The fraction of sp³-hybridized carbons (Fsp3) is 0.929. The molecule has 1 aliphatic heterocycles. The Balaban J connectivity index is 2.84. The van der Waals surface area contributed by atoms with E-state index in [0.717, 1.165) is 26.1 Å². The number of hydrogen-bond acceptors (Lipinski definition) is 3. The summed E-state index contributed by atoms with van der Waals surface area (Å²) >= 11 is 0. The second-order valence-electron chi connectivity index (χ2n) is 6.71. The quantitative estimate of drug-likeness (QED) is 0.822. The summed E-state index contributed by atoms with van der Waals surface area (Å²) in [7, 11) is 1.83. The fourth-order valence-electron chi connectivity index (χ4n) is 2.69. The van der Waals surface area contributed by atoms with Crippen LogP contribution in [-0.2, 0) is 4.79 Å². The van der Waals surface area contributed by atoms with Crippen LogP contribution < -0.4 is 0 Å². The van der Waals surface area contributed by atoms with Crippen LogP contribution in [0.2, 0.25) is 0 Å². The zero-order chi connectivity index (χ0) is 13.9. The molecule has 18 heavy (non-hydrogen) atoms. The van der Waals surface area contributed by atoms with Crippen LogP contribution >= 0.6 is 0 Å². The Labute approximate surface area is 111 Å². The zero-order valence-corrected chi connectivity index (χ0v) is 12.4. The molecule has 4 nitrogen and oxygen atoms in total. The van der Waals surface area contributed by atoms with Gasteiger partial charge in [0.25, 0.3) is 0 Å². The first-order chi connectivity index (χ1) is 8.26. The Morgan fingerprint density at radius 2 is 2.00 bits per heavy atom. The summed E-state index contributed by atoms with van der Waals surface area (Å²) in [6.07, 6.45) is 1.06. The highest BCUT2D eigenvalue weighted by atomic mass is 16.3. The van der Waals surface area contributed by atoms with Crippen LogP contribution in [0.15, 0.2) is 0 Å². The van der Waals surface area contributed by atoms with Crippen LogP contribution in [0.1, 0.15) is 34.1 Å². The Kier molecular flexibility index (Phi) is 5.17. The molecule has 1 heterocycles. The zero-order valence-electron chi connectivity index (χ0n) is 12.4. The van der Waals surface area contributed by atoms with Gasteiger partial charge in [-0.1, -0.05) is 27.7 Å². The van der Waals surface area contributed by atoms with E-state index < -0.39 is 0 Å². The topological polar surface area (TPSA) is 43.8 Å². The fourth-order valence-corrected chi connectivity index (χ4v) is 2.69. The maximum absolute atomic E-state index is 12.2. The van der Waals surface area contributed by atoms with Crippen LogP contribution in [-0.4, -0.2) is 60.1 Å². The number of amides is 1. The lowest BCUT2D eigenvalue weighted by atomic mass is 9.92. The lowest BCUT2D eigenvalue weighted by molar-refractivity contribution is -0.135. The van der Waals surface area contributed by atoms with Gasteiger partial charge in [0.2, 0.25) is 5.91 Å². The molecule has 0 aromatic carbocycles. The van der Waals surface area contributed by atoms with E-state index in [1.807, 2.05) is 7.05 Å². The van der Waals surface area contributed by atoms with Crippen molar-refractivity contribution in [2.24, 2.45) is 11.3 Å². The minimum atomic E-state index is -0.365. The Bertz CT molecular complexity index is 290. The minimum Gasteiger partial charge on any atom is -0.394 e. The number of hydrogen-bond donors (Lipinski definition) is 1.